The summed E-state index contributed by atoms with van der Waals surface area (Å²) < 4.78 is 12.2. The third kappa shape index (κ3) is 2.01. The van der Waals surface area contributed by atoms with Crippen LogP contribution in [0.1, 0.15) is 60.3 Å². The van der Waals surface area contributed by atoms with Gasteiger partial charge in [-0.1, -0.05) is 27.7 Å². The SMILES string of the molecule is CCC1(CC)O[C@H]2OC=C(C)C[C@@]2(C)CC1C. The van der Waals surface area contributed by atoms with Crippen LogP contribution in [0.5, 0.6) is 0 Å². The van der Waals surface area contributed by atoms with Crippen molar-refractivity contribution in [1.82, 2.24) is 0 Å². The highest BCUT2D eigenvalue weighted by atomic mass is 16.7. The Balaban J connectivity index is 2.25. The molecule has 0 radical (unpaired) electrons. The number of fused-ring (bicyclic) bond motifs is 1. The van der Waals surface area contributed by atoms with Crippen LogP contribution in [0.25, 0.3) is 0 Å². The van der Waals surface area contributed by atoms with Crippen LogP contribution in [0, 0.1) is 11.3 Å². The third-order valence-electron chi connectivity index (χ3n) is 4.85. The van der Waals surface area contributed by atoms with Crippen LogP contribution in [0.3, 0.4) is 0 Å². The number of hydrogen-bond donors (Lipinski definition) is 0. The molecule has 0 bridgehead atoms. The summed E-state index contributed by atoms with van der Waals surface area (Å²) in [5, 5.41) is 0. The normalized spacial score (nSPS) is 40.2. The van der Waals surface area contributed by atoms with E-state index in [1.54, 1.807) is 0 Å². The fourth-order valence-electron chi connectivity index (χ4n) is 3.77. The Morgan fingerprint density at radius 3 is 2.59 bits per heavy atom. The Labute approximate surface area is 105 Å². The van der Waals surface area contributed by atoms with Gasteiger partial charge in [0.15, 0.2) is 0 Å². The second kappa shape index (κ2) is 4.31. The van der Waals surface area contributed by atoms with Crippen LogP contribution < -0.4 is 0 Å². The lowest BCUT2D eigenvalue weighted by Crippen LogP contribution is -2.55. The van der Waals surface area contributed by atoms with E-state index < -0.39 is 0 Å². The first-order chi connectivity index (χ1) is 7.96. The summed E-state index contributed by atoms with van der Waals surface area (Å²) in [5.41, 5.74) is 1.51. The van der Waals surface area contributed by atoms with Gasteiger partial charge in [-0.05, 0) is 44.1 Å². The first kappa shape index (κ1) is 12.9. The molecule has 0 aliphatic carbocycles. The maximum atomic E-state index is 6.37. The molecule has 17 heavy (non-hydrogen) atoms. The third-order valence-corrected chi connectivity index (χ3v) is 4.85. The van der Waals surface area contributed by atoms with Crippen molar-refractivity contribution >= 4 is 0 Å². The summed E-state index contributed by atoms with van der Waals surface area (Å²) in [6.45, 7) is 11.2. The Bertz CT molecular complexity index is 317. The van der Waals surface area contributed by atoms with Crippen LogP contribution in [-0.4, -0.2) is 11.9 Å². The van der Waals surface area contributed by atoms with Gasteiger partial charge in [0, 0.05) is 5.41 Å². The first-order valence-corrected chi connectivity index (χ1v) is 6.94. The van der Waals surface area contributed by atoms with Crippen molar-refractivity contribution < 1.29 is 9.47 Å². The molecule has 0 N–H and O–H groups in total. The van der Waals surface area contributed by atoms with Crippen LogP contribution >= 0.6 is 0 Å². The van der Waals surface area contributed by atoms with Crippen molar-refractivity contribution in [2.45, 2.75) is 72.2 Å². The zero-order valence-corrected chi connectivity index (χ0v) is 11.9. The molecule has 0 aromatic heterocycles. The Kier molecular flexibility index (Phi) is 3.28. The maximum Gasteiger partial charge on any atom is 0.205 e. The van der Waals surface area contributed by atoms with Crippen molar-refractivity contribution in [2.75, 3.05) is 0 Å². The van der Waals surface area contributed by atoms with Crippen molar-refractivity contribution in [3.05, 3.63) is 11.8 Å². The van der Waals surface area contributed by atoms with E-state index in [1.165, 1.54) is 12.0 Å². The lowest BCUT2D eigenvalue weighted by molar-refractivity contribution is -0.295. The molecule has 0 aromatic carbocycles. The molecule has 3 atom stereocenters. The van der Waals surface area contributed by atoms with Gasteiger partial charge in [-0.15, -0.1) is 0 Å². The molecule has 98 valence electrons. The van der Waals surface area contributed by atoms with E-state index in [1.807, 2.05) is 6.26 Å². The molecule has 2 heteroatoms. The van der Waals surface area contributed by atoms with Crippen molar-refractivity contribution in [2.24, 2.45) is 11.3 Å². The monoisotopic (exact) mass is 238 g/mol. The van der Waals surface area contributed by atoms with Crippen LogP contribution in [-0.2, 0) is 9.47 Å². The molecule has 1 fully saturated rings. The minimum atomic E-state index is -0.0534. The van der Waals surface area contributed by atoms with E-state index >= 15 is 0 Å². The Hall–Kier alpha value is -0.500. The van der Waals surface area contributed by atoms with Gasteiger partial charge in [-0.3, -0.25) is 0 Å². The number of allylic oxidation sites excluding steroid dienone is 1. The minimum Gasteiger partial charge on any atom is -0.472 e. The summed E-state index contributed by atoms with van der Waals surface area (Å²) in [5.74, 6) is 0.605. The number of hydrogen-bond acceptors (Lipinski definition) is 2. The zero-order chi connectivity index (χ0) is 12.7. The molecule has 1 unspecified atom stereocenters. The number of ether oxygens (including phenoxy) is 2. The second-order valence-electron chi connectivity index (χ2n) is 6.26. The molecule has 0 aromatic rings. The highest BCUT2D eigenvalue weighted by Crippen LogP contribution is 2.51. The summed E-state index contributed by atoms with van der Waals surface area (Å²) in [6.07, 6.45) is 6.28. The highest BCUT2D eigenvalue weighted by molar-refractivity contribution is 5.07. The van der Waals surface area contributed by atoms with E-state index in [0.29, 0.717) is 5.92 Å². The second-order valence-corrected chi connectivity index (χ2v) is 6.26. The topological polar surface area (TPSA) is 18.5 Å². The summed E-state index contributed by atoms with van der Waals surface area (Å²) in [7, 11) is 0. The predicted octanol–water partition coefficient (Wildman–Crippen LogP) is 4.26. The fourth-order valence-corrected chi connectivity index (χ4v) is 3.77. The van der Waals surface area contributed by atoms with Crippen molar-refractivity contribution in [1.29, 1.82) is 0 Å². The van der Waals surface area contributed by atoms with Gasteiger partial charge in [-0.2, -0.15) is 0 Å². The molecule has 2 heterocycles. The molecule has 0 saturated carbocycles. The van der Waals surface area contributed by atoms with Crippen LogP contribution in [0.15, 0.2) is 11.8 Å². The molecule has 2 aliphatic heterocycles. The van der Waals surface area contributed by atoms with Gasteiger partial charge in [0.25, 0.3) is 0 Å². The zero-order valence-electron chi connectivity index (χ0n) is 11.9. The average molecular weight is 238 g/mol. The Morgan fingerprint density at radius 2 is 2.00 bits per heavy atom. The van der Waals surface area contributed by atoms with E-state index in [-0.39, 0.29) is 17.3 Å². The highest BCUT2D eigenvalue weighted by Gasteiger charge is 2.52. The van der Waals surface area contributed by atoms with E-state index in [0.717, 1.165) is 19.3 Å². The molecule has 2 aliphatic rings. The lowest BCUT2D eigenvalue weighted by Gasteiger charge is -2.54. The van der Waals surface area contributed by atoms with E-state index in [4.69, 9.17) is 9.47 Å². The number of rotatable bonds is 2. The van der Waals surface area contributed by atoms with Crippen molar-refractivity contribution in [3.8, 4) is 0 Å². The van der Waals surface area contributed by atoms with E-state index in [9.17, 15) is 0 Å². The quantitative estimate of drug-likeness (QED) is 0.715. The average Bonchev–Trinajstić information content (AvgIpc) is 2.27. The minimum absolute atomic E-state index is 0.0171. The fraction of sp³-hybridized carbons (Fsp3) is 0.867. The van der Waals surface area contributed by atoms with Crippen LogP contribution in [0.2, 0.25) is 0 Å². The van der Waals surface area contributed by atoms with Gasteiger partial charge in [0.2, 0.25) is 6.29 Å². The van der Waals surface area contributed by atoms with Gasteiger partial charge in [-0.25, -0.2) is 0 Å². The Morgan fingerprint density at radius 1 is 1.35 bits per heavy atom. The molecule has 0 amide bonds. The smallest absolute Gasteiger partial charge is 0.205 e. The molecule has 2 nitrogen and oxygen atoms in total. The molecule has 0 spiro atoms. The first-order valence-electron chi connectivity index (χ1n) is 6.94. The summed E-state index contributed by atoms with van der Waals surface area (Å²) >= 11 is 0. The maximum absolute atomic E-state index is 6.37. The van der Waals surface area contributed by atoms with Crippen LogP contribution in [0.4, 0.5) is 0 Å². The van der Waals surface area contributed by atoms with Gasteiger partial charge >= 0.3 is 0 Å². The molecule has 2 rings (SSSR count). The predicted molar refractivity (Wildman–Crippen MR) is 69.5 cm³/mol. The van der Waals surface area contributed by atoms with Crippen molar-refractivity contribution in [3.63, 3.8) is 0 Å². The van der Waals surface area contributed by atoms with Gasteiger partial charge < -0.3 is 9.47 Å². The largest absolute Gasteiger partial charge is 0.472 e. The molecular weight excluding hydrogens is 212 g/mol. The lowest BCUT2D eigenvalue weighted by atomic mass is 9.67. The van der Waals surface area contributed by atoms with Gasteiger partial charge in [0.05, 0.1) is 11.9 Å². The summed E-state index contributed by atoms with van der Waals surface area (Å²) in [4.78, 5) is 0. The molecule has 1 saturated heterocycles. The summed E-state index contributed by atoms with van der Waals surface area (Å²) in [6, 6.07) is 0. The molecular formula is C15H26O2. The van der Waals surface area contributed by atoms with E-state index in [2.05, 4.69) is 34.6 Å². The standard InChI is InChI=1S/C15H26O2/c1-6-15(7-2)12(4)9-14(5)8-11(3)10-16-13(14)17-15/h10,12-13H,6-9H2,1-5H3/t12?,13-,14+/m1/s1. The van der Waals surface area contributed by atoms with Gasteiger partial charge in [0.1, 0.15) is 0 Å².